The summed E-state index contributed by atoms with van der Waals surface area (Å²) >= 11 is 0. The van der Waals surface area contributed by atoms with Crippen LogP contribution in [-0.4, -0.2) is 37.6 Å². The summed E-state index contributed by atoms with van der Waals surface area (Å²) in [6.45, 7) is 6.86. The van der Waals surface area contributed by atoms with Gasteiger partial charge in [-0.05, 0) is 19.5 Å². The van der Waals surface area contributed by atoms with Gasteiger partial charge in [0.25, 0.3) is 0 Å². The van der Waals surface area contributed by atoms with Crippen LogP contribution in [0.4, 0.5) is 5.82 Å². The van der Waals surface area contributed by atoms with Crippen LogP contribution in [0.15, 0.2) is 18.3 Å². The average Bonchev–Trinajstić information content (AvgIpc) is 2.42. The largest absolute Gasteiger partial charge is 0.358 e. The molecular weight excluding hydrogens is 228 g/mol. The molecule has 1 rings (SSSR count). The van der Waals surface area contributed by atoms with Crippen LogP contribution < -0.4 is 15.5 Å². The topological polar surface area (TPSA) is 57.3 Å². The van der Waals surface area contributed by atoms with Crippen molar-refractivity contribution in [2.24, 2.45) is 0 Å². The minimum Gasteiger partial charge on any atom is -0.358 e. The van der Waals surface area contributed by atoms with Crippen molar-refractivity contribution in [2.75, 3.05) is 31.6 Å². The Bertz CT molecular complexity index is 381. The molecule has 0 aliphatic carbocycles. The number of amides is 1. The Morgan fingerprint density at radius 3 is 2.83 bits per heavy atom. The lowest BCUT2D eigenvalue weighted by Crippen LogP contribution is -2.36. The Morgan fingerprint density at radius 1 is 1.44 bits per heavy atom. The van der Waals surface area contributed by atoms with Crippen molar-refractivity contribution in [2.45, 2.75) is 20.4 Å². The first-order valence-corrected chi connectivity index (χ1v) is 6.33. The Kier molecular flexibility index (Phi) is 6.14. The van der Waals surface area contributed by atoms with Gasteiger partial charge in [-0.2, -0.15) is 0 Å². The van der Waals surface area contributed by atoms with E-state index in [9.17, 15) is 4.79 Å². The Balaban J connectivity index is 2.86. The van der Waals surface area contributed by atoms with E-state index >= 15 is 0 Å². The molecule has 5 nitrogen and oxygen atoms in total. The van der Waals surface area contributed by atoms with Crippen LogP contribution in [0.5, 0.6) is 0 Å². The summed E-state index contributed by atoms with van der Waals surface area (Å²) in [6.07, 6.45) is 1.76. The molecule has 0 saturated heterocycles. The molecule has 0 aromatic carbocycles. The molecule has 0 aliphatic heterocycles. The first-order valence-electron chi connectivity index (χ1n) is 6.33. The second-order valence-electron chi connectivity index (χ2n) is 3.95. The van der Waals surface area contributed by atoms with Gasteiger partial charge in [0.05, 0.1) is 6.54 Å². The number of aromatic nitrogens is 1. The summed E-state index contributed by atoms with van der Waals surface area (Å²) in [5.41, 5.74) is 1.12. The van der Waals surface area contributed by atoms with E-state index in [0.29, 0.717) is 6.54 Å². The van der Waals surface area contributed by atoms with Gasteiger partial charge in [-0.1, -0.05) is 13.0 Å². The van der Waals surface area contributed by atoms with Crippen LogP contribution >= 0.6 is 0 Å². The molecule has 5 heteroatoms. The summed E-state index contributed by atoms with van der Waals surface area (Å²) in [4.78, 5) is 17.9. The number of hydrogen-bond acceptors (Lipinski definition) is 4. The molecule has 0 radical (unpaired) electrons. The standard InChI is InChI=1S/C13H22N4O/c1-4-15-9-11-7-6-8-16-13(11)17(5-2)10-12(18)14-3/h6-8,15H,4-5,9-10H2,1-3H3,(H,14,18). The van der Waals surface area contributed by atoms with Crippen LogP contribution in [0.1, 0.15) is 19.4 Å². The zero-order chi connectivity index (χ0) is 13.4. The van der Waals surface area contributed by atoms with Crippen molar-refractivity contribution >= 4 is 11.7 Å². The molecular formula is C13H22N4O. The fourth-order valence-corrected chi connectivity index (χ4v) is 1.70. The number of nitrogens with zero attached hydrogens (tertiary/aromatic N) is 2. The molecule has 100 valence electrons. The van der Waals surface area contributed by atoms with Gasteiger partial charge >= 0.3 is 0 Å². The molecule has 0 bridgehead atoms. The number of hydrogen-bond donors (Lipinski definition) is 2. The molecule has 0 saturated carbocycles. The van der Waals surface area contributed by atoms with Crippen molar-refractivity contribution in [1.82, 2.24) is 15.6 Å². The molecule has 0 spiro atoms. The van der Waals surface area contributed by atoms with Crippen molar-refractivity contribution < 1.29 is 4.79 Å². The molecule has 18 heavy (non-hydrogen) atoms. The molecule has 1 aromatic rings. The fourth-order valence-electron chi connectivity index (χ4n) is 1.70. The summed E-state index contributed by atoms with van der Waals surface area (Å²) < 4.78 is 0. The highest BCUT2D eigenvalue weighted by Crippen LogP contribution is 2.16. The van der Waals surface area contributed by atoms with Crippen LogP contribution in [0, 0.1) is 0 Å². The van der Waals surface area contributed by atoms with Crippen LogP contribution in [0.3, 0.4) is 0 Å². The normalized spacial score (nSPS) is 10.2. The molecule has 0 unspecified atom stereocenters. The molecule has 2 N–H and O–H groups in total. The summed E-state index contributed by atoms with van der Waals surface area (Å²) in [7, 11) is 1.65. The van der Waals surface area contributed by atoms with E-state index < -0.39 is 0 Å². The maximum absolute atomic E-state index is 11.5. The quantitative estimate of drug-likeness (QED) is 0.750. The number of nitrogens with one attached hydrogen (secondary N) is 2. The Morgan fingerprint density at radius 2 is 2.22 bits per heavy atom. The van der Waals surface area contributed by atoms with Gasteiger partial charge in [0.2, 0.25) is 5.91 Å². The van der Waals surface area contributed by atoms with E-state index in [1.807, 2.05) is 24.0 Å². The third kappa shape index (κ3) is 4.00. The fraction of sp³-hybridized carbons (Fsp3) is 0.538. The van der Waals surface area contributed by atoms with Gasteiger partial charge < -0.3 is 15.5 Å². The van der Waals surface area contributed by atoms with Gasteiger partial charge in [-0.15, -0.1) is 0 Å². The predicted octanol–water partition coefficient (Wildman–Crippen LogP) is 0.763. The number of carbonyl (C=O) groups excluding carboxylic acids is 1. The van der Waals surface area contributed by atoms with E-state index in [0.717, 1.165) is 31.0 Å². The third-order valence-electron chi connectivity index (χ3n) is 2.73. The third-order valence-corrected chi connectivity index (χ3v) is 2.73. The van der Waals surface area contributed by atoms with Gasteiger partial charge in [0.1, 0.15) is 5.82 Å². The van der Waals surface area contributed by atoms with Gasteiger partial charge in [0, 0.05) is 31.9 Å². The summed E-state index contributed by atoms with van der Waals surface area (Å²) in [6, 6.07) is 3.96. The molecule has 1 amide bonds. The van der Waals surface area contributed by atoms with E-state index in [4.69, 9.17) is 0 Å². The molecule has 1 heterocycles. The maximum Gasteiger partial charge on any atom is 0.239 e. The lowest BCUT2D eigenvalue weighted by atomic mass is 10.2. The zero-order valence-electron chi connectivity index (χ0n) is 11.4. The van der Waals surface area contributed by atoms with E-state index in [-0.39, 0.29) is 5.91 Å². The first-order chi connectivity index (χ1) is 8.72. The monoisotopic (exact) mass is 250 g/mol. The lowest BCUT2D eigenvalue weighted by molar-refractivity contribution is -0.119. The smallest absolute Gasteiger partial charge is 0.239 e. The van der Waals surface area contributed by atoms with Gasteiger partial charge in [0.15, 0.2) is 0 Å². The molecule has 0 atom stereocenters. The van der Waals surface area contributed by atoms with E-state index in [1.54, 1.807) is 13.2 Å². The maximum atomic E-state index is 11.5. The van der Waals surface area contributed by atoms with Crippen LogP contribution in [0.2, 0.25) is 0 Å². The lowest BCUT2D eigenvalue weighted by Gasteiger charge is -2.23. The number of likely N-dealkylation sites (N-methyl/N-ethyl adjacent to an activating group) is 2. The highest BCUT2D eigenvalue weighted by Gasteiger charge is 2.13. The van der Waals surface area contributed by atoms with Crippen LogP contribution in [-0.2, 0) is 11.3 Å². The van der Waals surface area contributed by atoms with Gasteiger partial charge in [-0.25, -0.2) is 4.98 Å². The zero-order valence-corrected chi connectivity index (χ0v) is 11.4. The van der Waals surface area contributed by atoms with E-state index in [1.165, 1.54) is 0 Å². The average molecular weight is 250 g/mol. The number of rotatable bonds is 7. The summed E-state index contributed by atoms with van der Waals surface area (Å²) in [5.74, 6) is 0.876. The number of carbonyl (C=O) groups is 1. The SMILES string of the molecule is CCNCc1cccnc1N(CC)CC(=O)NC. The first kappa shape index (κ1) is 14.4. The highest BCUT2D eigenvalue weighted by atomic mass is 16.1. The number of pyridine rings is 1. The minimum atomic E-state index is -0.00287. The minimum absolute atomic E-state index is 0.00287. The Hall–Kier alpha value is -1.62. The van der Waals surface area contributed by atoms with E-state index in [2.05, 4.69) is 22.5 Å². The second-order valence-corrected chi connectivity index (χ2v) is 3.95. The molecule has 0 fully saturated rings. The van der Waals surface area contributed by atoms with Crippen molar-refractivity contribution in [3.8, 4) is 0 Å². The molecule has 1 aromatic heterocycles. The van der Waals surface area contributed by atoms with Crippen LogP contribution in [0.25, 0.3) is 0 Å². The second kappa shape index (κ2) is 7.66. The Labute approximate surface area is 109 Å². The van der Waals surface area contributed by atoms with Crippen molar-refractivity contribution in [1.29, 1.82) is 0 Å². The van der Waals surface area contributed by atoms with Crippen molar-refractivity contribution in [3.63, 3.8) is 0 Å². The highest BCUT2D eigenvalue weighted by molar-refractivity contribution is 5.80. The predicted molar refractivity (Wildman–Crippen MR) is 73.6 cm³/mol. The van der Waals surface area contributed by atoms with Gasteiger partial charge in [-0.3, -0.25) is 4.79 Å². The summed E-state index contributed by atoms with van der Waals surface area (Å²) in [5, 5.41) is 5.92. The van der Waals surface area contributed by atoms with Crippen molar-refractivity contribution in [3.05, 3.63) is 23.9 Å². The molecule has 0 aliphatic rings. The number of anilines is 1.